The fourth-order valence-corrected chi connectivity index (χ4v) is 10.0. The predicted octanol–water partition coefficient (Wildman–Crippen LogP) is 16.0. The van der Waals surface area contributed by atoms with Crippen LogP contribution in [0.1, 0.15) is 25.0 Å². The highest BCUT2D eigenvalue weighted by molar-refractivity contribution is 6.15. The first-order valence-corrected chi connectivity index (χ1v) is 20.5. The summed E-state index contributed by atoms with van der Waals surface area (Å²) in [5, 5.41) is 7.15. The quantitative estimate of drug-likeness (QED) is 0.166. The van der Waals surface area contributed by atoms with Gasteiger partial charge in [-0.05, 0) is 102 Å². The zero-order chi connectivity index (χ0) is 39.2. The van der Waals surface area contributed by atoms with E-state index in [-0.39, 0.29) is 5.41 Å². The maximum absolute atomic E-state index is 7.48. The van der Waals surface area contributed by atoms with Crippen LogP contribution in [-0.2, 0) is 5.41 Å². The molecule has 0 N–H and O–H groups in total. The van der Waals surface area contributed by atoms with Crippen LogP contribution in [0.25, 0.3) is 76.8 Å². The first-order valence-electron chi connectivity index (χ1n) is 20.5. The molecule has 1 aliphatic heterocycles. The minimum absolute atomic E-state index is 0.171. The normalized spacial score (nSPS) is 13.2. The summed E-state index contributed by atoms with van der Waals surface area (Å²) in [6, 6.07) is 73.2. The number of rotatable bonds is 4. The standard InChI is InChI=1S/C57H39NO/c1-57(2)50-28-13-12-23-44(50)45-31-30-40(35-51(45)57)58(53-33-39-20-8-9-21-41(39)43-22-10-11-24-46(43)53)52-29-15-27-48-47-26-14-25-42(36-16-4-3-5-17-36)55(47)49-32-37-18-6-7-19-38(37)34-54(49)59-56(48)52/h3-35H,1-2H3. The molecule has 0 saturated heterocycles. The molecule has 1 heterocycles. The van der Waals surface area contributed by atoms with E-state index in [2.05, 4.69) is 219 Å². The number of nitrogens with zero attached hydrogens (tertiary/aromatic N) is 1. The Balaban J connectivity index is 1.18. The van der Waals surface area contributed by atoms with E-state index in [0.29, 0.717) is 0 Å². The van der Waals surface area contributed by atoms with Crippen LogP contribution in [0, 0.1) is 0 Å². The lowest BCUT2D eigenvalue weighted by molar-refractivity contribution is 0.489. The van der Waals surface area contributed by atoms with Crippen LogP contribution in [0.3, 0.4) is 0 Å². The minimum atomic E-state index is -0.171. The van der Waals surface area contributed by atoms with Gasteiger partial charge in [0.15, 0.2) is 5.75 Å². The van der Waals surface area contributed by atoms with E-state index < -0.39 is 0 Å². The maximum atomic E-state index is 7.48. The molecule has 0 atom stereocenters. The van der Waals surface area contributed by atoms with Crippen molar-refractivity contribution in [3.05, 3.63) is 211 Å². The van der Waals surface area contributed by atoms with Gasteiger partial charge in [-0.3, -0.25) is 0 Å². The molecule has 10 aromatic rings. The third kappa shape index (κ3) is 5.06. The number of fused-ring (bicyclic) bond motifs is 12. The predicted molar refractivity (Wildman–Crippen MR) is 248 cm³/mol. The topological polar surface area (TPSA) is 12.5 Å². The summed E-state index contributed by atoms with van der Waals surface area (Å²) in [6.07, 6.45) is 0. The molecule has 2 heteroatoms. The smallest absolute Gasteiger partial charge is 0.159 e. The van der Waals surface area contributed by atoms with E-state index in [1.807, 2.05) is 0 Å². The second-order valence-corrected chi connectivity index (χ2v) is 16.4. The number of hydrogen-bond acceptors (Lipinski definition) is 2. The Morgan fingerprint density at radius 3 is 1.86 bits per heavy atom. The summed E-state index contributed by atoms with van der Waals surface area (Å²) in [6.45, 7) is 4.72. The lowest BCUT2D eigenvalue weighted by Gasteiger charge is -2.31. The average Bonchev–Trinajstić information content (AvgIpc) is 3.41. The molecule has 1 aliphatic carbocycles. The van der Waals surface area contributed by atoms with Crippen LogP contribution in [0.15, 0.2) is 200 Å². The number of para-hydroxylation sites is 1. The van der Waals surface area contributed by atoms with E-state index in [1.165, 1.54) is 65.9 Å². The van der Waals surface area contributed by atoms with Gasteiger partial charge in [0, 0.05) is 33.2 Å². The maximum Gasteiger partial charge on any atom is 0.159 e. The summed E-state index contributed by atoms with van der Waals surface area (Å²) in [5.74, 6) is 1.67. The highest BCUT2D eigenvalue weighted by atomic mass is 16.5. The zero-order valence-corrected chi connectivity index (χ0v) is 32.9. The van der Waals surface area contributed by atoms with Crippen molar-refractivity contribution in [1.29, 1.82) is 0 Å². The third-order valence-corrected chi connectivity index (χ3v) is 12.8. The SMILES string of the molecule is CC1(C)c2ccccc2-c2ccc(N(c3cccc4c3Oc3cc5ccccc5cc3-c3c(-c5ccccc5)cccc3-4)c3cc4ccccc4c4ccccc34)cc21. The van der Waals surface area contributed by atoms with Gasteiger partial charge >= 0.3 is 0 Å². The molecule has 10 aromatic carbocycles. The Bertz CT molecular complexity index is 3340. The van der Waals surface area contributed by atoms with Crippen LogP contribution in [0.4, 0.5) is 17.1 Å². The van der Waals surface area contributed by atoms with Gasteiger partial charge in [-0.25, -0.2) is 0 Å². The molecule has 2 aliphatic rings. The van der Waals surface area contributed by atoms with E-state index >= 15 is 0 Å². The summed E-state index contributed by atoms with van der Waals surface area (Å²) >= 11 is 0. The van der Waals surface area contributed by atoms with E-state index in [4.69, 9.17) is 4.74 Å². The van der Waals surface area contributed by atoms with Gasteiger partial charge in [0.2, 0.25) is 0 Å². The van der Waals surface area contributed by atoms with Gasteiger partial charge in [-0.15, -0.1) is 0 Å². The van der Waals surface area contributed by atoms with Crippen molar-refractivity contribution in [2.75, 3.05) is 4.90 Å². The Morgan fingerprint density at radius 1 is 0.390 bits per heavy atom. The molecule has 0 unspecified atom stereocenters. The second kappa shape index (κ2) is 12.8. The van der Waals surface area contributed by atoms with Crippen LogP contribution in [-0.4, -0.2) is 0 Å². The highest BCUT2D eigenvalue weighted by Gasteiger charge is 2.36. The number of benzene rings is 10. The van der Waals surface area contributed by atoms with Crippen molar-refractivity contribution in [3.63, 3.8) is 0 Å². The second-order valence-electron chi connectivity index (χ2n) is 16.4. The van der Waals surface area contributed by atoms with Crippen molar-refractivity contribution < 1.29 is 4.74 Å². The summed E-state index contributed by atoms with van der Waals surface area (Å²) < 4.78 is 7.48. The summed E-state index contributed by atoms with van der Waals surface area (Å²) in [7, 11) is 0. The van der Waals surface area contributed by atoms with Gasteiger partial charge in [-0.1, -0.05) is 178 Å². The molecule has 0 bridgehead atoms. The van der Waals surface area contributed by atoms with Crippen molar-refractivity contribution in [1.82, 2.24) is 0 Å². The fourth-order valence-electron chi connectivity index (χ4n) is 10.0. The Hall–Kier alpha value is -7.42. The highest BCUT2D eigenvalue weighted by Crippen LogP contribution is 2.57. The van der Waals surface area contributed by atoms with Gasteiger partial charge in [0.25, 0.3) is 0 Å². The summed E-state index contributed by atoms with van der Waals surface area (Å²) in [4.78, 5) is 2.46. The number of anilines is 3. The van der Waals surface area contributed by atoms with Gasteiger partial charge in [0.05, 0.1) is 11.4 Å². The first kappa shape index (κ1) is 33.7. The summed E-state index contributed by atoms with van der Waals surface area (Å²) in [5.41, 5.74) is 15.1. The van der Waals surface area contributed by atoms with E-state index in [1.54, 1.807) is 0 Å². The first-order chi connectivity index (χ1) is 29.0. The molecule has 2 nitrogen and oxygen atoms in total. The Morgan fingerprint density at radius 2 is 1.02 bits per heavy atom. The van der Waals surface area contributed by atoms with Crippen LogP contribution >= 0.6 is 0 Å². The van der Waals surface area contributed by atoms with Crippen molar-refractivity contribution >= 4 is 49.4 Å². The molecule has 0 fully saturated rings. The monoisotopic (exact) mass is 753 g/mol. The van der Waals surface area contributed by atoms with Crippen molar-refractivity contribution in [2.24, 2.45) is 0 Å². The van der Waals surface area contributed by atoms with E-state index in [0.717, 1.165) is 50.6 Å². The Kier molecular flexibility index (Phi) is 7.31. The molecule has 0 saturated carbocycles. The lowest BCUT2D eigenvalue weighted by Crippen LogP contribution is -2.17. The van der Waals surface area contributed by atoms with Crippen molar-refractivity contribution in [3.8, 4) is 56.0 Å². The van der Waals surface area contributed by atoms with Crippen LogP contribution < -0.4 is 9.64 Å². The van der Waals surface area contributed by atoms with Gasteiger partial charge in [0.1, 0.15) is 5.75 Å². The number of ether oxygens (including phenoxy) is 1. The largest absolute Gasteiger partial charge is 0.454 e. The molecule has 0 radical (unpaired) electrons. The minimum Gasteiger partial charge on any atom is -0.454 e. The molecule has 278 valence electrons. The van der Waals surface area contributed by atoms with Gasteiger partial charge < -0.3 is 9.64 Å². The molecule has 0 spiro atoms. The molecule has 0 aromatic heterocycles. The molecule has 59 heavy (non-hydrogen) atoms. The fraction of sp³-hybridized carbons (Fsp3) is 0.0526. The molecular formula is C57H39NO. The molecule has 12 rings (SSSR count). The van der Waals surface area contributed by atoms with E-state index in [9.17, 15) is 0 Å². The molecular weight excluding hydrogens is 715 g/mol. The zero-order valence-electron chi connectivity index (χ0n) is 32.9. The van der Waals surface area contributed by atoms with Crippen LogP contribution in [0.5, 0.6) is 11.5 Å². The molecule has 0 amide bonds. The van der Waals surface area contributed by atoms with Gasteiger partial charge in [-0.2, -0.15) is 0 Å². The van der Waals surface area contributed by atoms with Crippen molar-refractivity contribution in [2.45, 2.75) is 19.3 Å². The number of hydrogen-bond donors (Lipinski definition) is 0. The lowest BCUT2D eigenvalue weighted by atomic mass is 9.82. The van der Waals surface area contributed by atoms with Crippen LogP contribution in [0.2, 0.25) is 0 Å². The third-order valence-electron chi connectivity index (χ3n) is 12.8. The Labute approximate surface area is 344 Å². The average molecular weight is 754 g/mol.